The van der Waals surface area contributed by atoms with Gasteiger partial charge in [-0.15, -0.1) is 11.3 Å². The molecule has 0 aliphatic carbocycles. The van der Waals surface area contributed by atoms with Crippen LogP contribution in [-0.4, -0.2) is 17.8 Å². The number of benzene rings is 1. The molecule has 5 nitrogen and oxygen atoms in total. The van der Waals surface area contributed by atoms with E-state index in [-0.39, 0.29) is 17.5 Å². The topological polar surface area (TPSA) is 67.8 Å². The van der Waals surface area contributed by atoms with Crippen LogP contribution in [0.15, 0.2) is 47.1 Å². The van der Waals surface area contributed by atoms with Crippen molar-refractivity contribution in [3.63, 3.8) is 0 Å². The van der Waals surface area contributed by atoms with Crippen LogP contribution in [0.3, 0.4) is 0 Å². The first-order chi connectivity index (χ1) is 11.0. The third kappa shape index (κ3) is 3.54. The number of nitrogens with zero attached hydrogens (tertiary/aromatic N) is 1. The van der Waals surface area contributed by atoms with Gasteiger partial charge in [-0.05, 0) is 49.4 Å². The number of carbonyl (C=O) groups excluding carboxylic acids is 2. The van der Waals surface area contributed by atoms with Gasteiger partial charge < -0.3 is 10.1 Å². The van der Waals surface area contributed by atoms with Crippen molar-refractivity contribution in [2.24, 2.45) is 4.99 Å². The lowest BCUT2D eigenvalue weighted by molar-refractivity contribution is -0.129. The van der Waals surface area contributed by atoms with E-state index in [0.717, 1.165) is 4.88 Å². The number of thiophene rings is 1. The molecule has 0 saturated carbocycles. The highest BCUT2D eigenvalue weighted by Crippen LogP contribution is 2.23. The van der Waals surface area contributed by atoms with Crippen molar-refractivity contribution in [1.29, 1.82) is 0 Å². The van der Waals surface area contributed by atoms with Crippen LogP contribution in [0.5, 0.6) is 0 Å². The Labute approximate surface area is 137 Å². The number of cyclic esters (lactones) is 1. The molecule has 0 atom stereocenters. The predicted octanol–water partition coefficient (Wildman–Crippen LogP) is 3.36. The molecule has 2 heterocycles. The average Bonchev–Trinajstić information content (AvgIpc) is 3.06. The second kappa shape index (κ2) is 6.18. The second-order valence-electron chi connectivity index (χ2n) is 5.04. The van der Waals surface area contributed by atoms with Crippen LogP contribution < -0.4 is 5.32 Å². The summed E-state index contributed by atoms with van der Waals surface area (Å²) in [5, 5.41) is 2.68. The Balaban J connectivity index is 1.83. The molecule has 0 saturated heterocycles. The average molecular weight is 326 g/mol. The predicted molar refractivity (Wildman–Crippen MR) is 90.4 cm³/mol. The number of esters is 1. The summed E-state index contributed by atoms with van der Waals surface area (Å²) in [6, 6.07) is 10.9. The molecule has 2 aromatic rings. The minimum Gasteiger partial charge on any atom is -0.402 e. The zero-order valence-electron chi connectivity index (χ0n) is 12.6. The third-order valence-electron chi connectivity index (χ3n) is 3.11. The van der Waals surface area contributed by atoms with Crippen LogP contribution in [0.25, 0.3) is 6.08 Å². The van der Waals surface area contributed by atoms with Gasteiger partial charge in [0.2, 0.25) is 11.8 Å². The molecule has 116 valence electrons. The van der Waals surface area contributed by atoms with Crippen LogP contribution in [-0.2, 0) is 14.3 Å². The van der Waals surface area contributed by atoms with E-state index < -0.39 is 5.97 Å². The van der Waals surface area contributed by atoms with E-state index in [1.54, 1.807) is 41.7 Å². The van der Waals surface area contributed by atoms with Gasteiger partial charge >= 0.3 is 5.97 Å². The molecule has 23 heavy (non-hydrogen) atoms. The molecule has 3 rings (SSSR count). The van der Waals surface area contributed by atoms with E-state index >= 15 is 0 Å². The highest BCUT2D eigenvalue weighted by Gasteiger charge is 2.24. The number of nitrogens with one attached hydrogen (secondary N) is 1. The lowest BCUT2D eigenvalue weighted by atomic mass is 10.2. The molecular formula is C17H14N2O3S. The number of aliphatic imine (C=N–C) groups is 1. The zero-order valence-corrected chi connectivity index (χ0v) is 13.4. The van der Waals surface area contributed by atoms with Gasteiger partial charge in [-0.2, -0.15) is 0 Å². The van der Waals surface area contributed by atoms with Crippen molar-refractivity contribution in [3.05, 3.63) is 57.4 Å². The fourth-order valence-electron chi connectivity index (χ4n) is 2.10. The molecular weight excluding hydrogens is 312 g/mol. The maximum absolute atomic E-state index is 11.9. The Morgan fingerprint density at radius 1 is 1.22 bits per heavy atom. The van der Waals surface area contributed by atoms with Crippen LogP contribution in [0.2, 0.25) is 0 Å². The van der Waals surface area contributed by atoms with E-state index in [9.17, 15) is 9.59 Å². The van der Waals surface area contributed by atoms with E-state index in [1.807, 2.05) is 19.1 Å². The van der Waals surface area contributed by atoms with Gasteiger partial charge in [0.15, 0.2) is 5.70 Å². The number of rotatable bonds is 3. The minimum atomic E-state index is -0.461. The van der Waals surface area contributed by atoms with Gasteiger partial charge in [-0.1, -0.05) is 0 Å². The number of anilines is 1. The standard InChI is InChI=1S/C17H14N2O3S/c1-10-3-8-14(23-10)9-15-17(21)22-16(19-15)12-4-6-13(7-5-12)18-11(2)20/h3-9H,1-2H3,(H,18,20)/b15-9-. The summed E-state index contributed by atoms with van der Waals surface area (Å²) in [5.74, 6) is -0.334. The monoisotopic (exact) mass is 326 g/mol. The lowest BCUT2D eigenvalue weighted by Gasteiger charge is -2.03. The summed E-state index contributed by atoms with van der Waals surface area (Å²) in [5.41, 5.74) is 1.64. The Hall–Kier alpha value is -2.73. The molecule has 6 heteroatoms. The number of hydrogen-bond acceptors (Lipinski definition) is 5. The summed E-state index contributed by atoms with van der Waals surface area (Å²) in [7, 11) is 0. The summed E-state index contributed by atoms with van der Waals surface area (Å²) in [6.45, 7) is 3.45. The fraction of sp³-hybridized carbons (Fsp3) is 0.118. The molecule has 0 bridgehead atoms. The van der Waals surface area contributed by atoms with Crippen LogP contribution in [0, 0.1) is 6.92 Å². The van der Waals surface area contributed by atoms with Crippen molar-refractivity contribution < 1.29 is 14.3 Å². The first-order valence-electron chi connectivity index (χ1n) is 6.98. The van der Waals surface area contributed by atoms with Gasteiger partial charge in [0.1, 0.15) is 0 Å². The molecule has 1 N–H and O–H groups in total. The molecule has 0 radical (unpaired) electrons. The van der Waals surface area contributed by atoms with Crippen molar-refractivity contribution in [2.75, 3.05) is 5.32 Å². The number of amides is 1. The molecule has 0 spiro atoms. The van der Waals surface area contributed by atoms with Crippen molar-refractivity contribution in [2.45, 2.75) is 13.8 Å². The SMILES string of the molecule is CC(=O)Nc1ccc(C2=N/C(=C\c3ccc(C)s3)C(=O)O2)cc1. The van der Waals surface area contributed by atoms with Crippen LogP contribution in [0.4, 0.5) is 5.69 Å². The summed E-state index contributed by atoms with van der Waals surface area (Å²) < 4.78 is 5.22. The summed E-state index contributed by atoms with van der Waals surface area (Å²) in [4.78, 5) is 29.3. The van der Waals surface area contributed by atoms with Crippen molar-refractivity contribution >= 4 is 40.9 Å². The summed E-state index contributed by atoms with van der Waals surface area (Å²) in [6.07, 6.45) is 1.72. The van der Waals surface area contributed by atoms with E-state index in [4.69, 9.17) is 4.74 Å². The lowest BCUT2D eigenvalue weighted by Crippen LogP contribution is -2.07. The Morgan fingerprint density at radius 2 is 1.96 bits per heavy atom. The molecule has 1 aromatic carbocycles. The minimum absolute atomic E-state index is 0.140. The molecule has 0 fully saturated rings. The normalized spacial score (nSPS) is 15.5. The highest BCUT2D eigenvalue weighted by molar-refractivity contribution is 7.12. The van der Waals surface area contributed by atoms with E-state index in [2.05, 4.69) is 10.3 Å². The van der Waals surface area contributed by atoms with Gasteiger partial charge in [0, 0.05) is 27.9 Å². The first kappa shape index (κ1) is 15.2. The molecule has 1 aliphatic rings. The Kier molecular flexibility index (Phi) is 4.08. The molecule has 1 amide bonds. The molecule has 1 aliphatic heterocycles. The number of aryl methyl sites for hydroxylation is 1. The molecule has 0 unspecified atom stereocenters. The maximum Gasteiger partial charge on any atom is 0.363 e. The second-order valence-corrected chi connectivity index (χ2v) is 6.36. The van der Waals surface area contributed by atoms with E-state index in [0.29, 0.717) is 11.3 Å². The highest BCUT2D eigenvalue weighted by atomic mass is 32.1. The van der Waals surface area contributed by atoms with Crippen LogP contribution >= 0.6 is 11.3 Å². The molecule has 1 aromatic heterocycles. The van der Waals surface area contributed by atoms with Crippen molar-refractivity contribution in [3.8, 4) is 0 Å². The number of carbonyl (C=O) groups is 2. The first-order valence-corrected chi connectivity index (χ1v) is 7.80. The van der Waals surface area contributed by atoms with Gasteiger partial charge in [0.25, 0.3) is 0 Å². The smallest absolute Gasteiger partial charge is 0.363 e. The van der Waals surface area contributed by atoms with E-state index in [1.165, 1.54) is 11.8 Å². The Morgan fingerprint density at radius 3 is 2.57 bits per heavy atom. The Bertz CT molecular complexity index is 832. The zero-order chi connectivity index (χ0) is 16.4. The van der Waals surface area contributed by atoms with Crippen LogP contribution in [0.1, 0.15) is 22.2 Å². The number of hydrogen-bond donors (Lipinski definition) is 1. The fourth-order valence-corrected chi connectivity index (χ4v) is 2.91. The van der Waals surface area contributed by atoms with Gasteiger partial charge in [-0.25, -0.2) is 9.79 Å². The largest absolute Gasteiger partial charge is 0.402 e. The van der Waals surface area contributed by atoms with Gasteiger partial charge in [-0.3, -0.25) is 4.79 Å². The quantitative estimate of drug-likeness (QED) is 0.694. The maximum atomic E-state index is 11.9. The van der Waals surface area contributed by atoms with Crippen molar-refractivity contribution in [1.82, 2.24) is 0 Å². The van der Waals surface area contributed by atoms with Gasteiger partial charge in [0.05, 0.1) is 0 Å². The third-order valence-corrected chi connectivity index (χ3v) is 4.06. The summed E-state index contributed by atoms with van der Waals surface area (Å²) >= 11 is 1.59. The number of ether oxygens (including phenoxy) is 1.